The molecule has 1 heterocycles. The lowest BCUT2D eigenvalue weighted by atomic mass is 10.2. The molecule has 2 nitrogen and oxygen atoms in total. The van der Waals surface area contributed by atoms with Crippen LogP contribution >= 0.6 is 22.6 Å². The Morgan fingerprint density at radius 2 is 2.60 bits per heavy atom. The molecule has 1 aliphatic rings. The summed E-state index contributed by atoms with van der Waals surface area (Å²) in [4.78, 5) is 10.6. The number of carbonyl (C=O) groups excluding carboxylic acids is 1. The number of alkyl halides is 1. The highest BCUT2D eigenvalue weighted by molar-refractivity contribution is 14.1. The first-order valence-electron chi connectivity index (χ1n) is 3.25. The number of esters is 1. The number of carbonyl (C=O) groups is 1. The summed E-state index contributed by atoms with van der Waals surface area (Å²) < 4.78 is 5.91. The summed E-state index contributed by atoms with van der Waals surface area (Å²) in [5, 5.41) is 0. The number of hydrogen-bond donors (Lipinski definition) is 0. The van der Waals surface area contributed by atoms with E-state index in [1.165, 1.54) is 0 Å². The Morgan fingerprint density at radius 3 is 3.10 bits per heavy atom. The lowest BCUT2D eigenvalue weighted by Crippen LogP contribution is -2.01. The molecule has 1 saturated heterocycles. The number of ether oxygens (including phenoxy) is 1. The van der Waals surface area contributed by atoms with Gasteiger partial charge >= 0.3 is 5.97 Å². The van der Waals surface area contributed by atoms with Gasteiger partial charge in [0.05, 0.1) is 0 Å². The van der Waals surface area contributed by atoms with Crippen LogP contribution in [0.5, 0.6) is 0 Å². The minimum Gasteiger partial charge on any atom is -0.458 e. The molecule has 0 amide bonds. The van der Waals surface area contributed by atoms with Crippen LogP contribution in [-0.4, -0.2) is 16.5 Å². The average molecular weight is 252 g/mol. The van der Waals surface area contributed by atoms with Crippen LogP contribution < -0.4 is 0 Å². The van der Waals surface area contributed by atoms with Crippen LogP contribution in [0, 0.1) is 0 Å². The van der Waals surface area contributed by atoms with Gasteiger partial charge in [0.25, 0.3) is 0 Å². The van der Waals surface area contributed by atoms with E-state index in [1.54, 1.807) is 0 Å². The summed E-state index contributed by atoms with van der Waals surface area (Å²) >= 11 is 2.25. The van der Waals surface area contributed by atoms with Crippen molar-refractivity contribution < 1.29 is 9.53 Å². The molecule has 0 radical (unpaired) electrons. The fourth-order valence-corrected chi connectivity index (χ4v) is 1.18. The maximum absolute atomic E-state index is 10.6. The van der Waals surface area contributed by atoms with E-state index in [1.807, 2.05) is 12.2 Å². The molecule has 0 saturated carbocycles. The molecular formula is C7H9IO2. The van der Waals surface area contributed by atoms with Crippen LogP contribution in [-0.2, 0) is 9.53 Å². The third-order valence-corrected chi connectivity index (χ3v) is 1.86. The van der Waals surface area contributed by atoms with Crippen molar-refractivity contribution in [2.24, 2.45) is 0 Å². The van der Waals surface area contributed by atoms with E-state index in [0.29, 0.717) is 6.42 Å². The Bertz CT molecular complexity index is 154. The lowest BCUT2D eigenvalue weighted by molar-refractivity contribution is -0.139. The van der Waals surface area contributed by atoms with Crippen molar-refractivity contribution in [3.05, 3.63) is 12.2 Å². The minimum atomic E-state index is -0.0666. The van der Waals surface area contributed by atoms with E-state index >= 15 is 0 Å². The van der Waals surface area contributed by atoms with E-state index in [0.717, 1.165) is 10.8 Å². The van der Waals surface area contributed by atoms with Gasteiger partial charge in [0.1, 0.15) is 6.10 Å². The molecule has 10 heavy (non-hydrogen) atoms. The number of allylic oxidation sites excluding steroid dienone is 1. The van der Waals surface area contributed by atoms with E-state index < -0.39 is 0 Å². The molecule has 0 aromatic heterocycles. The Morgan fingerprint density at radius 1 is 1.80 bits per heavy atom. The highest BCUT2D eigenvalue weighted by atomic mass is 127. The molecule has 0 aromatic rings. The van der Waals surface area contributed by atoms with Crippen LogP contribution in [0.1, 0.15) is 12.8 Å². The first kappa shape index (κ1) is 8.04. The Hall–Kier alpha value is -0.0600. The molecule has 0 aliphatic carbocycles. The van der Waals surface area contributed by atoms with Crippen molar-refractivity contribution in [3.8, 4) is 0 Å². The maximum atomic E-state index is 10.6. The SMILES string of the molecule is O=C1CCC(/C=C\CI)O1. The second-order valence-corrected chi connectivity index (χ2v) is 3.03. The van der Waals surface area contributed by atoms with E-state index in [9.17, 15) is 4.79 Å². The zero-order chi connectivity index (χ0) is 7.40. The van der Waals surface area contributed by atoms with E-state index in [-0.39, 0.29) is 12.1 Å². The number of rotatable bonds is 2. The molecule has 0 bridgehead atoms. The quantitative estimate of drug-likeness (QED) is 0.323. The van der Waals surface area contributed by atoms with Crippen LogP contribution in [0.15, 0.2) is 12.2 Å². The molecule has 0 spiro atoms. The second-order valence-electron chi connectivity index (χ2n) is 2.15. The summed E-state index contributed by atoms with van der Waals surface area (Å²) in [6.45, 7) is 0. The van der Waals surface area contributed by atoms with E-state index in [2.05, 4.69) is 22.6 Å². The van der Waals surface area contributed by atoms with Crippen molar-refractivity contribution in [1.82, 2.24) is 0 Å². The van der Waals surface area contributed by atoms with Crippen LogP contribution in [0.4, 0.5) is 0 Å². The molecule has 1 unspecified atom stereocenters. The summed E-state index contributed by atoms with van der Waals surface area (Å²) in [6.07, 6.45) is 5.46. The van der Waals surface area contributed by atoms with Crippen LogP contribution in [0.25, 0.3) is 0 Å². The van der Waals surface area contributed by atoms with Crippen LogP contribution in [0.3, 0.4) is 0 Å². The zero-order valence-corrected chi connectivity index (χ0v) is 7.71. The molecule has 56 valence electrons. The Balaban J connectivity index is 2.31. The topological polar surface area (TPSA) is 26.3 Å². The van der Waals surface area contributed by atoms with Crippen molar-refractivity contribution >= 4 is 28.6 Å². The summed E-state index contributed by atoms with van der Waals surface area (Å²) in [6, 6.07) is 0. The zero-order valence-electron chi connectivity index (χ0n) is 5.55. The Labute approximate surface area is 73.8 Å². The van der Waals surface area contributed by atoms with Gasteiger partial charge in [-0.15, -0.1) is 0 Å². The molecule has 0 N–H and O–H groups in total. The highest BCUT2D eigenvalue weighted by Gasteiger charge is 2.19. The summed E-state index contributed by atoms with van der Waals surface area (Å²) in [7, 11) is 0. The summed E-state index contributed by atoms with van der Waals surface area (Å²) in [5.41, 5.74) is 0. The van der Waals surface area contributed by atoms with Gasteiger partial charge < -0.3 is 4.74 Å². The number of hydrogen-bond acceptors (Lipinski definition) is 2. The van der Waals surface area contributed by atoms with Gasteiger partial charge in [0.2, 0.25) is 0 Å². The van der Waals surface area contributed by atoms with E-state index in [4.69, 9.17) is 4.74 Å². The molecule has 1 aliphatic heterocycles. The lowest BCUT2D eigenvalue weighted by Gasteiger charge is -1.99. The molecule has 0 aromatic carbocycles. The Kier molecular flexibility index (Phi) is 3.18. The monoisotopic (exact) mass is 252 g/mol. The van der Waals surface area contributed by atoms with Gasteiger partial charge in [-0.05, 0) is 12.5 Å². The molecule has 3 heteroatoms. The van der Waals surface area contributed by atoms with Gasteiger partial charge in [-0.2, -0.15) is 0 Å². The predicted molar refractivity (Wildman–Crippen MR) is 47.1 cm³/mol. The van der Waals surface area contributed by atoms with Crippen molar-refractivity contribution in [1.29, 1.82) is 0 Å². The number of halogens is 1. The fourth-order valence-electron chi connectivity index (χ4n) is 0.886. The van der Waals surface area contributed by atoms with Crippen LogP contribution in [0.2, 0.25) is 0 Å². The summed E-state index contributed by atoms with van der Waals surface area (Å²) in [5.74, 6) is -0.0666. The van der Waals surface area contributed by atoms with Crippen molar-refractivity contribution in [3.63, 3.8) is 0 Å². The minimum absolute atomic E-state index is 0.0577. The van der Waals surface area contributed by atoms with Gasteiger partial charge in [-0.1, -0.05) is 28.7 Å². The normalized spacial score (nSPS) is 25.7. The average Bonchev–Trinajstić information content (AvgIpc) is 2.31. The fraction of sp³-hybridized carbons (Fsp3) is 0.571. The number of cyclic esters (lactones) is 1. The molecule has 1 atom stereocenters. The van der Waals surface area contributed by atoms with Gasteiger partial charge in [-0.3, -0.25) is 4.79 Å². The van der Waals surface area contributed by atoms with Gasteiger partial charge in [0, 0.05) is 10.8 Å². The molecule has 1 rings (SSSR count). The standard InChI is InChI=1S/C7H9IO2/c8-5-1-2-6-3-4-7(9)10-6/h1-2,6H,3-5H2/b2-1-. The molecular weight excluding hydrogens is 243 g/mol. The first-order valence-corrected chi connectivity index (χ1v) is 4.77. The second kappa shape index (κ2) is 3.95. The third-order valence-electron chi connectivity index (χ3n) is 1.36. The van der Waals surface area contributed by atoms with Gasteiger partial charge in [-0.25, -0.2) is 0 Å². The first-order chi connectivity index (χ1) is 4.83. The van der Waals surface area contributed by atoms with Crippen molar-refractivity contribution in [2.45, 2.75) is 18.9 Å². The third kappa shape index (κ3) is 2.28. The maximum Gasteiger partial charge on any atom is 0.306 e. The van der Waals surface area contributed by atoms with Crippen molar-refractivity contribution in [2.75, 3.05) is 4.43 Å². The van der Waals surface area contributed by atoms with Gasteiger partial charge in [0.15, 0.2) is 0 Å². The smallest absolute Gasteiger partial charge is 0.306 e. The molecule has 1 fully saturated rings. The largest absolute Gasteiger partial charge is 0.458 e. The predicted octanol–water partition coefficient (Wildman–Crippen LogP) is 1.68. The highest BCUT2D eigenvalue weighted by Crippen LogP contribution is 2.14.